The van der Waals surface area contributed by atoms with Crippen LogP contribution in [0.15, 0.2) is 30.3 Å². The van der Waals surface area contributed by atoms with Crippen molar-refractivity contribution < 1.29 is 13.2 Å². The Labute approximate surface area is 133 Å². The van der Waals surface area contributed by atoms with E-state index in [0.717, 1.165) is 17.4 Å². The second kappa shape index (κ2) is 5.77. The molecule has 2 N–H and O–H groups in total. The molecule has 0 radical (unpaired) electrons. The molecule has 122 valence electrons. The van der Waals surface area contributed by atoms with Crippen LogP contribution in [0.25, 0.3) is 0 Å². The van der Waals surface area contributed by atoms with Gasteiger partial charge in [-0.25, -0.2) is 13.2 Å². The maximum Gasteiger partial charge on any atom is 0.194 e. The normalized spacial score (nSPS) is 16.6. The number of rotatable bonds is 3. The van der Waals surface area contributed by atoms with Gasteiger partial charge >= 0.3 is 0 Å². The van der Waals surface area contributed by atoms with Crippen molar-refractivity contribution >= 4 is 11.4 Å². The molecule has 6 heteroatoms. The third-order valence-electron chi connectivity index (χ3n) is 4.28. The van der Waals surface area contributed by atoms with Gasteiger partial charge in [-0.2, -0.15) is 0 Å². The first kappa shape index (κ1) is 15.7. The first-order valence-electron chi connectivity index (χ1n) is 7.34. The van der Waals surface area contributed by atoms with Crippen LogP contribution in [0.1, 0.15) is 17.2 Å². The average molecular weight is 321 g/mol. The highest BCUT2D eigenvalue weighted by Crippen LogP contribution is 2.39. The number of nitrogens with two attached hydrogens (primary N) is 1. The zero-order valence-electron chi connectivity index (χ0n) is 13.0. The van der Waals surface area contributed by atoms with E-state index in [-0.39, 0.29) is 24.7 Å². The lowest BCUT2D eigenvalue weighted by atomic mass is 10.0. The zero-order valence-corrected chi connectivity index (χ0v) is 13.0. The quantitative estimate of drug-likeness (QED) is 0.881. The molecule has 1 unspecified atom stereocenters. The molecule has 0 fully saturated rings. The number of hydrogen-bond donors (Lipinski definition) is 1. The van der Waals surface area contributed by atoms with Gasteiger partial charge in [0.15, 0.2) is 17.5 Å². The molecule has 1 heterocycles. The van der Waals surface area contributed by atoms with Gasteiger partial charge in [-0.05, 0) is 35.9 Å². The molecular formula is C17H18F3N3. The highest BCUT2D eigenvalue weighted by molar-refractivity contribution is 5.60. The van der Waals surface area contributed by atoms with Crippen molar-refractivity contribution in [2.75, 3.05) is 30.4 Å². The van der Waals surface area contributed by atoms with E-state index >= 15 is 0 Å². The van der Waals surface area contributed by atoms with E-state index in [2.05, 4.69) is 0 Å². The molecule has 1 atom stereocenters. The fourth-order valence-electron chi connectivity index (χ4n) is 3.03. The van der Waals surface area contributed by atoms with Gasteiger partial charge in [-0.3, -0.25) is 0 Å². The molecule has 0 spiro atoms. The van der Waals surface area contributed by atoms with Crippen LogP contribution in [0.4, 0.5) is 24.5 Å². The number of hydrogen-bond acceptors (Lipinski definition) is 3. The highest BCUT2D eigenvalue weighted by Gasteiger charge is 2.34. The van der Waals surface area contributed by atoms with Crippen LogP contribution in [-0.4, -0.2) is 20.6 Å². The molecule has 2 aromatic carbocycles. The molecule has 1 aliphatic rings. The van der Waals surface area contributed by atoms with Gasteiger partial charge in [0.2, 0.25) is 0 Å². The Bertz CT molecular complexity index is 729. The average Bonchev–Trinajstić information content (AvgIpc) is 2.91. The monoisotopic (exact) mass is 321 g/mol. The minimum atomic E-state index is -1.43. The second-order valence-electron chi connectivity index (χ2n) is 5.84. The van der Waals surface area contributed by atoms with Crippen LogP contribution in [0.3, 0.4) is 0 Å². The minimum Gasteiger partial charge on any atom is -0.378 e. The van der Waals surface area contributed by atoms with E-state index in [9.17, 15) is 13.2 Å². The summed E-state index contributed by atoms with van der Waals surface area (Å²) >= 11 is 0. The molecular weight excluding hydrogens is 303 g/mol. The van der Waals surface area contributed by atoms with Crippen LogP contribution in [-0.2, 0) is 6.54 Å². The Morgan fingerprint density at radius 3 is 2.35 bits per heavy atom. The van der Waals surface area contributed by atoms with E-state index in [4.69, 9.17) is 5.73 Å². The van der Waals surface area contributed by atoms with Crippen molar-refractivity contribution in [1.82, 2.24) is 0 Å². The van der Waals surface area contributed by atoms with Crippen LogP contribution in [0.2, 0.25) is 0 Å². The minimum absolute atomic E-state index is 0.168. The first-order chi connectivity index (χ1) is 10.9. The summed E-state index contributed by atoms with van der Waals surface area (Å²) in [4.78, 5) is 3.83. The molecule has 0 aliphatic carbocycles. The molecule has 0 aromatic heterocycles. The number of halogens is 3. The van der Waals surface area contributed by atoms with E-state index in [1.54, 1.807) is 0 Å². The van der Waals surface area contributed by atoms with Gasteiger partial charge in [-0.15, -0.1) is 0 Å². The lowest BCUT2D eigenvalue weighted by molar-refractivity contribution is 0.441. The van der Waals surface area contributed by atoms with Crippen LogP contribution < -0.4 is 15.5 Å². The number of nitrogens with zero attached hydrogens (tertiary/aromatic N) is 2. The Morgan fingerprint density at radius 1 is 1.13 bits per heavy atom. The van der Waals surface area contributed by atoms with E-state index < -0.39 is 17.5 Å². The summed E-state index contributed by atoms with van der Waals surface area (Å²) in [6, 6.07) is 8.34. The second-order valence-corrected chi connectivity index (χ2v) is 5.84. The predicted octanol–water partition coefficient (Wildman–Crippen LogP) is 3.19. The van der Waals surface area contributed by atoms with Crippen molar-refractivity contribution in [3.05, 3.63) is 58.9 Å². The SMILES string of the molecule is CN(C)c1ccc(N2Cc3c(cc(F)c(F)c3F)C2CN)cc1. The Morgan fingerprint density at radius 2 is 1.78 bits per heavy atom. The van der Waals surface area contributed by atoms with Crippen molar-refractivity contribution in [3.8, 4) is 0 Å². The van der Waals surface area contributed by atoms with E-state index in [1.165, 1.54) is 0 Å². The highest BCUT2D eigenvalue weighted by atomic mass is 19.2. The van der Waals surface area contributed by atoms with Gasteiger partial charge < -0.3 is 15.5 Å². The van der Waals surface area contributed by atoms with Crippen LogP contribution in [0.5, 0.6) is 0 Å². The van der Waals surface area contributed by atoms with Gasteiger partial charge in [0, 0.05) is 44.1 Å². The summed E-state index contributed by atoms with van der Waals surface area (Å²) in [5.41, 5.74) is 8.26. The maximum atomic E-state index is 14.0. The summed E-state index contributed by atoms with van der Waals surface area (Å²) in [5, 5.41) is 0. The lowest BCUT2D eigenvalue weighted by Crippen LogP contribution is -2.27. The molecule has 1 aliphatic heterocycles. The first-order valence-corrected chi connectivity index (χ1v) is 7.34. The summed E-state index contributed by atoms with van der Waals surface area (Å²) in [5.74, 6) is -3.72. The van der Waals surface area contributed by atoms with Crippen molar-refractivity contribution in [1.29, 1.82) is 0 Å². The smallest absolute Gasteiger partial charge is 0.194 e. The molecule has 0 amide bonds. The Kier molecular flexibility index (Phi) is 3.93. The molecule has 3 nitrogen and oxygen atoms in total. The fraction of sp³-hybridized carbons (Fsp3) is 0.294. The van der Waals surface area contributed by atoms with Gasteiger partial charge in [0.25, 0.3) is 0 Å². The van der Waals surface area contributed by atoms with Crippen molar-refractivity contribution in [2.45, 2.75) is 12.6 Å². The largest absolute Gasteiger partial charge is 0.378 e. The summed E-state index contributed by atoms with van der Waals surface area (Å²) in [6.45, 7) is 0.356. The molecule has 2 aromatic rings. The van der Waals surface area contributed by atoms with Gasteiger partial charge in [0.05, 0.1) is 6.04 Å². The zero-order chi connectivity index (χ0) is 16.7. The van der Waals surface area contributed by atoms with Gasteiger partial charge in [-0.1, -0.05) is 0 Å². The molecule has 0 saturated heterocycles. The van der Waals surface area contributed by atoms with Crippen LogP contribution in [0, 0.1) is 17.5 Å². The molecule has 0 bridgehead atoms. The Balaban J connectivity index is 2.00. The van der Waals surface area contributed by atoms with E-state index in [0.29, 0.717) is 5.56 Å². The summed E-state index contributed by atoms with van der Waals surface area (Å²) in [6.07, 6.45) is 0. The summed E-state index contributed by atoms with van der Waals surface area (Å²) < 4.78 is 41.1. The lowest BCUT2D eigenvalue weighted by Gasteiger charge is -2.27. The van der Waals surface area contributed by atoms with Crippen molar-refractivity contribution in [3.63, 3.8) is 0 Å². The third-order valence-corrected chi connectivity index (χ3v) is 4.28. The molecule has 23 heavy (non-hydrogen) atoms. The number of anilines is 2. The standard InChI is InChI=1S/C17H18F3N3/c1-22(2)10-3-5-11(6-4-10)23-9-13-12(15(23)8-21)7-14(18)17(20)16(13)19/h3-7,15H,8-9,21H2,1-2H3. The number of fused-ring (bicyclic) bond motifs is 1. The third kappa shape index (κ3) is 2.53. The van der Waals surface area contributed by atoms with Crippen LogP contribution >= 0.6 is 0 Å². The number of benzene rings is 2. The maximum absolute atomic E-state index is 14.0. The van der Waals surface area contributed by atoms with E-state index in [1.807, 2.05) is 48.2 Å². The summed E-state index contributed by atoms with van der Waals surface area (Å²) in [7, 11) is 3.87. The fourth-order valence-corrected chi connectivity index (χ4v) is 3.03. The van der Waals surface area contributed by atoms with Gasteiger partial charge in [0.1, 0.15) is 0 Å². The molecule has 0 saturated carbocycles. The predicted molar refractivity (Wildman–Crippen MR) is 85.1 cm³/mol. The molecule has 3 rings (SSSR count). The topological polar surface area (TPSA) is 32.5 Å². The van der Waals surface area contributed by atoms with Crippen molar-refractivity contribution in [2.24, 2.45) is 5.73 Å². The Hall–Kier alpha value is -2.21.